The first-order chi connectivity index (χ1) is 19.1. The van der Waals surface area contributed by atoms with E-state index in [1.54, 1.807) is 6.07 Å². The number of aromatic nitrogens is 2. The molecule has 2 atom stereocenters. The summed E-state index contributed by atoms with van der Waals surface area (Å²) in [5.74, 6) is 0. The summed E-state index contributed by atoms with van der Waals surface area (Å²) in [6, 6.07) is 13.6. The zero-order chi connectivity index (χ0) is 28.4. The minimum absolute atomic E-state index is 0.130. The predicted octanol–water partition coefficient (Wildman–Crippen LogP) is 4.08. The van der Waals surface area contributed by atoms with Gasteiger partial charge in [-0.25, -0.2) is 8.42 Å². The minimum Gasteiger partial charge on any atom is -0.379 e. The van der Waals surface area contributed by atoms with Crippen LogP contribution in [0.2, 0.25) is 0 Å². The summed E-state index contributed by atoms with van der Waals surface area (Å²) in [6.07, 6.45) is 4.03. The summed E-state index contributed by atoms with van der Waals surface area (Å²) in [5.41, 5.74) is 6.82. The average molecular weight is 583 g/mol. The van der Waals surface area contributed by atoms with Crippen LogP contribution in [0.4, 0.5) is 11.4 Å². The Labute approximate surface area is 242 Å². The second kappa shape index (κ2) is 11.9. The maximum atomic E-state index is 11.8. The molecule has 4 heterocycles. The molecule has 214 valence electrons. The van der Waals surface area contributed by atoms with Gasteiger partial charge in [0, 0.05) is 49.5 Å². The molecule has 2 fully saturated rings. The number of nitrogens with zero attached hydrogens (tertiary/aromatic N) is 4. The van der Waals surface area contributed by atoms with Gasteiger partial charge in [0.05, 0.1) is 42.9 Å². The Morgan fingerprint density at radius 1 is 1.10 bits per heavy atom. The molecule has 0 spiro atoms. The lowest BCUT2D eigenvalue weighted by Gasteiger charge is -2.29. The molecule has 2 aliphatic rings. The van der Waals surface area contributed by atoms with Gasteiger partial charge in [0.15, 0.2) is 5.11 Å². The third-order valence-corrected chi connectivity index (χ3v) is 8.68. The van der Waals surface area contributed by atoms with Crippen molar-refractivity contribution in [1.29, 1.82) is 0 Å². The van der Waals surface area contributed by atoms with Crippen LogP contribution < -0.4 is 14.9 Å². The number of thiocarbonyl (C=S) groups is 1. The van der Waals surface area contributed by atoms with Crippen LogP contribution in [-0.4, -0.2) is 67.1 Å². The van der Waals surface area contributed by atoms with Crippen LogP contribution in [0.5, 0.6) is 0 Å². The first kappa shape index (κ1) is 28.5. The average Bonchev–Trinajstić information content (AvgIpc) is 3.41. The zero-order valence-electron chi connectivity index (χ0n) is 23.6. The quantitative estimate of drug-likeness (QED) is 0.365. The van der Waals surface area contributed by atoms with E-state index in [2.05, 4.69) is 49.3 Å². The molecule has 9 nitrogen and oxygen atoms in total. The van der Waals surface area contributed by atoms with Gasteiger partial charge in [-0.1, -0.05) is 6.07 Å². The van der Waals surface area contributed by atoms with Crippen molar-refractivity contribution in [2.24, 2.45) is 0 Å². The molecule has 0 bridgehead atoms. The molecule has 40 heavy (non-hydrogen) atoms. The van der Waals surface area contributed by atoms with Crippen LogP contribution in [0.1, 0.15) is 46.7 Å². The van der Waals surface area contributed by atoms with Crippen molar-refractivity contribution in [2.75, 3.05) is 48.7 Å². The largest absolute Gasteiger partial charge is 0.379 e. The highest BCUT2D eigenvalue weighted by Crippen LogP contribution is 2.44. The van der Waals surface area contributed by atoms with Gasteiger partial charge in [0.25, 0.3) is 0 Å². The molecule has 2 saturated heterocycles. The third-order valence-electron chi connectivity index (χ3n) is 7.77. The lowest BCUT2D eigenvalue weighted by Crippen LogP contribution is -2.37. The Morgan fingerprint density at radius 3 is 2.55 bits per heavy atom. The second-order valence-corrected chi connectivity index (χ2v) is 12.8. The van der Waals surface area contributed by atoms with Crippen molar-refractivity contribution < 1.29 is 13.2 Å². The maximum Gasteiger partial charge on any atom is 0.229 e. The molecule has 0 unspecified atom stereocenters. The number of nitrogens with one attached hydrogen (secondary N) is 2. The molecular weight excluding hydrogens is 544 g/mol. The Hall–Kier alpha value is -2.99. The van der Waals surface area contributed by atoms with Gasteiger partial charge < -0.3 is 19.5 Å². The Bertz CT molecular complexity index is 1470. The van der Waals surface area contributed by atoms with Gasteiger partial charge in [-0.05, 0) is 86.9 Å². The van der Waals surface area contributed by atoms with E-state index < -0.39 is 10.0 Å². The molecule has 1 aromatic carbocycles. The van der Waals surface area contributed by atoms with E-state index in [1.165, 1.54) is 17.0 Å². The summed E-state index contributed by atoms with van der Waals surface area (Å²) < 4.78 is 34.2. The molecule has 0 aliphatic carbocycles. The fourth-order valence-corrected chi connectivity index (χ4v) is 6.78. The van der Waals surface area contributed by atoms with Gasteiger partial charge in [-0.15, -0.1) is 0 Å². The number of hydrogen-bond donors (Lipinski definition) is 2. The molecular formula is C29H38N6O3S2. The number of benzene rings is 1. The van der Waals surface area contributed by atoms with Gasteiger partial charge in [-0.3, -0.25) is 14.6 Å². The van der Waals surface area contributed by atoms with E-state index in [4.69, 9.17) is 17.0 Å². The monoisotopic (exact) mass is 582 g/mol. The fraction of sp³-hybridized carbons (Fsp3) is 0.448. The first-order valence-corrected chi connectivity index (χ1v) is 16.0. The Balaban J connectivity index is 1.48. The number of aryl methyl sites for hydroxylation is 2. The van der Waals surface area contributed by atoms with Gasteiger partial charge >= 0.3 is 0 Å². The molecule has 0 amide bonds. The molecule has 3 aromatic rings. The van der Waals surface area contributed by atoms with Crippen molar-refractivity contribution >= 4 is 38.7 Å². The molecule has 2 aromatic heterocycles. The topological polar surface area (TPSA) is 91.7 Å². The van der Waals surface area contributed by atoms with Crippen molar-refractivity contribution in [3.63, 3.8) is 0 Å². The number of anilines is 2. The van der Waals surface area contributed by atoms with Crippen molar-refractivity contribution in [1.82, 2.24) is 19.8 Å². The molecule has 0 saturated carbocycles. The maximum absolute atomic E-state index is 11.8. The van der Waals surface area contributed by atoms with Crippen LogP contribution in [0, 0.1) is 20.8 Å². The summed E-state index contributed by atoms with van der Waals surface area (Å²) in [7, 11) is -3.39. The molecule has 0 radical (unpaired) electrons. The van der Waals surface area contributed by atoms with E-state index in [0.717, 1.165) is 69.0 Å². The van der Waals surface area contributed by atoms with E-state index in [1.807, 2.05) is 43.5 Å². The molecule has 5 rings (SSSR count). The van der Waals surface area contributed by atoms with Gasteiger partial charge in [-0.2, -0.15) is 0 Å². The summed E-state index contributed by atoms with van der Waals surface area (Å²) >= 11 is 5.92. The standard InChI is InChI=1S/C29H38N6O3S2/c1-20-18-23(9-10-25(20)32-40(4,36)37)35-28(27(31-29(35)39)26-8-5-6-11-30-26)24-19-21(2)34(22(24)3)13-7-12-33-14-16-38-17-15-33/h5-6,8-11,18-19,27-28,32H,7,12-17H2,1-4H3,(H,31,39)/t27-,28+/m1/s1. The number of hydrogen-bond acceptors (Lipinski definition) is 6. The van der Waals surface area contributed by atoms with E-state index in [9.17, 15) is 8.42 Å². The Kier molecular flexibility index (Phi) is 8.46. The van der Waals surface area contributed by atoms with Crippen LogP contribution in [0.3, 0.4) is 0 Å². The molecule has 2 aliphatic heterocycles. The summed E-state index contributed by atoms with van der Waals surface area (Å²) in [6.45, 7) is 11.9. The number of rotatable bonds is 9. The Morgan fingerprint density at radius 2 is 1.88 bits per heavy atom. The number of ether oxygens (including phenoxy) is 1. The van der Waals surface area contributed by atoms with Crippen molar-refractivity contribution in [2.45, 2.75) is 45.8 Å². The number of morpholine rings is 1. The summed E-state index contributed by atoms with van der Waals surface area (Å²) in [5, 5.41) is 4.15. The first-order valence-electron chi connectivity index (χ1n) is 13.7. The van der Waals surface area contributed by atoms with Gasteiger partial charge in [0.1, 0.15) is 0 Å². The zero-order valence-corrected chi connectivity index (χ0v) is 25.2. The van der Waals surface area contributed by atoms with Crippen LogP contribution in [0.15, 0.2) is 48.7 Å². The molecule has 11 heteroatoms. The SMILES string of the molecule is Cc1cc(N2C(=S)N[C@H](c3ccccn3)[C@@H]2c2cc(C)n(CCCN3CCOCC3)c2C)ccc1NS(C)(=O)=O. The highest BCUT2D eigenvalue weighted by molar-refractivity contribution is 7.92. The van der Waals surface area contributed by atoms with E-state index in [-0.39, 0.29) is 12.1 Å². The van der Waals surface area contributed by atoms with Crippen LogP contribution in [0.25, 0.3) is 0 Å². The number of pyridine rings is 1. The lowest BCUT2D eigenvalue weighted by molar-refractivity contribution is 0.0369. The van der Waals surface area contributed by atoms with Crippen LogP contribution >= 0.6 is 12.2 Å². The molecule has 2 N–H and O–H groups in total. The fourth-order valence-electron chi connectivity index (χ4n) is 5.81. The van der Waals surface area contributed by atoms with E-state index >= 15 is 0 Å². The van der Waals surface area contributed by atoms with Crippen LogP contribution in [-0.2, 0) is 21.3 Å². The number of sulfonamides is 1. The highest BCUT2D eigenvalue weighted by atomic mass is 32.2. The second-order valence-electron chi connectivity index (χ2n) is 10.7. The van der Waals surface area contributed by atoms with E-state index in [0.29, 0.717) is 10.8 Å². The third kappa shape index (κ3) is 6.17. The lowest BCUT2D eigenvalue weighted by atomic mass is 9.96. The van der Waals surface area contributed by atoms with Crippen molar-refractivity contribution in [3.05, 3.63) is 76.9 Å². The predicted molar refractivity (Wildman–Crippen MR) is 163 cm³/mol. The normalized spacial score (nSPS) is 20.1. The van der Waals surface area contributed by atoms with Gasteiger partial charge in [0.2, 0.25) is 10.0 Å². The minimum atomic E-state index is -3.39. The summed E-state index contributed by atoms with van der Waals surface area (Å²) in [4.78, 5) is 9.30. The van der Waals surface area contributed by atoms with Crippen molar-refractivity contribution in [3.8, 4) is 0 Å². The highest BCUT2D eigenvalue weighted by Gasteiger charge is 2.42. The smallest absolute Gasteiger partial charge is 0.229 e.